The molecule has 0 saturated carbocycles. The van der Waals surface area contributed by atoms with E-state index < -0.39 is 22.5 Å². The van der Waals surface area contributed by atoms with E-state index in [-0.39, 0.29) is 4.90 Å². The van der Waals surface area contributed by atoms with Crippen molar-refractivity contribution in [2.24, 2.45) is 5.10 Å². The number of sulfonamides is 1. The van der Waals surface area contributed by atoms with E-state index >= 15 is 0 Å². The maximum atomic E-state index is 13.6. The molecule has 0 atom stereocenters. The van der Waals surface area contributed by atoms with Crippen LogP contribution in [0.4, 0.5) is 5.69 Å². The van der Waals surface area contributed by atoms with Crippen LogP contribution in [0.5, 0.6) is 0 Å². The van der Waals surface area contributed by atoms with E-state index in [4.69, 9.17) is 34.8 Å². The van der Waals surface area contributed by atoms with Crippen molar-refractivity contribution in [3.05, 3.63) is 110 Å². The largest absolute Gasteiger partial charge is 0.318 e. The zero-order valence-corrected chi connectivity index (χ0v) is 25.3. The Hall–Kier alpha value is -3.30. The number of aryl methyl sites for hydroxylation is 3. The molecule has 0 aliphatic carbocycles. The number of rotatable bonds is 8. The van der Waals surface area contributed by atoms with Crippen LogP contribution in [0, 0.1) is 27.7 Å². The quantitative estimate of drug-likeness (QED) is 0.170. The lowest BCUT2D eigenvalue weighted by atomic mass is 10.2. The van der Waals surface area contributed by atoms with Gasteiger partial charge in [-0.05, 0) is 81.8 Å². The van der Waals surface area contributed by atoms with Crippen LogP contribution in [0.2, 0.25) is 15.1 Å². The first-order valence-electron chi connectivity index (χ1n) is 12.2. The molecule has 4 rings (SSSR count). The number of amides is 1. The highest BCUT2D eigenvalue weighted by molar-refractivity contribution is 7.92. The molecule has 0 aliphatic rings. The summed E-state index contributed by atoms with van der Waals surface area (Å²) in [5, 5.41) is 5.47. The summed E-state index contributed by atoms with van der Waals surface area (Å²) < 4.78 is 30.3. The Morgan fingerprint density at radius 1 is 0.900 bits per heavy atom. The number of hydrogen-bond donors (Lipinski definition) is 1. The molecule has 3 aromatic carbocycles. The minimum atomic E-state index is -4.09. The van der Waals surface area contributed by atoms with Crippen LogP contribution in [0.25, 0.3) is 5.69 Å². The Balaban J connectivity index is 1.59. The summed E-state index contributed by atoms with van der Waals surface area (Å²) in [5.74, 6) is -0.623. The predicted octanol–water partition coefficient (Wildman–Crippen LogP) is 7.02. The van der Waals surface area contributed by atoms with Gasteiger partial charge >= 0.3 is 0 Å². The molecule has 1 aromatic heterocycles. The number of carbonyl (C=O) groups is 1. The van der Waals surface area contributed by atoms with Gasteiger partial charge in [-0.15, -0.1) is 0 Å². The molecule has 7 nitrogen and oxygen atoms in total. The second kappa shape index (κ2) is 12.1. The van der Waals surface area contributed by atoms with Crippen molar-refractivity contribution in [1.82, 2.24) is 9.99 Å². The summed E-state index contributed by atoms with van der Waals surface area (Å²) in [7, 11) is -4.09. The standard InChI is InChI=1S/C29H27Cl3N4O3S/c1-18-5-9-27(10-6-18)40(38,39)35(28-15-23(30)8-7-19(28)2)17-29(37)34-33-16-22-11-20(3)36(21(22)4)26-13-24(31)12-25(32)14-26/h5-16H,17H2,1-4H3,(H,34,37)/b33-16-. The summed E-state index contributed by atoms with van der Waals surface area (Å²) >= 11 is 18.6. The first-order chi connectivity index (χ1) is 18.9. The second-order valence-electron chi connectivity index (χ2n) is 9.34. The average Bonchev–Trinajstić information content (AvgIpc) is 3.16. The van der Waals surface area contributed by atoms with Crippen molar-refractivity contribution >= 4 is 62.6 Å². The highest BCUT2D eigenvalue weighted by atomic mass is 35.5. The van der Waals surface area contributed by atoms with Gasteiger partial charge < -0.3 is 4.57 Å². The molecule has 11 heteroatoms. The number of aromatic nitrogens is 1. The number of nitrogens with zero attached hydrogens (tertiary/aromatic N) is 3. The number of hydrogen-bond acceptors (Lipinski definition) is 4. The summed E-state index contributed by atoms with van der Waals surface area (Å²) in [6, 6.07) is 18.5. The van der Waals surface area contributed by atoms with Crippen LogP contribution in [0.3, 0.4) is 0 Å². The highest BCUT2D eigenvalue weighted by Crippen LogP contribution is 2.30. The molecule has 0 fully saturated rings. The summed E-state index contributed by atoms with van der Waals surface area (Å²) in [4.78, 5) is 13.1. The summed E-state index contributed by atoms with van der Waals surface area (Å²) in [5.41, 5.74) is 7.62. The normalized spacial score (nSPS) is 11.7. The third-order valence-electron chi connectivity index (χ3n) is 6.30. The maximum absolute atomic E-state index is 13.6. The van der Waals surface area contributed by atoms with Crippen LogP contribution in [0.1, 0.15) is 28.1 Å². The van der Waals surface area contributed by atoms with Crippen molar-refractivity contribution in [3.63, 3.8) is 0 Å². The molecule has 0 spiro atoms. The molecule has 1 amide bonds. The van der Waals surface area contributed by atoms with Crippen LogP contribution in [0.15, 0.2) is 76.7 Å². The van der Waals surface area contributed by atoms with Gasteiger partial charge in [-0.25, -0.2) is 13.8 Å². The Morgan fingerprint density at radius 2 is 1.55 bits per heavy atom. The van der Waals surface area contributed by atoms with Crippen molar-refractivity contribution in [2.45, 2.75) is 32.6 Å². The zero-order chi connectivity index (χ0) is 29.2. The molecule has 0 bridgehead atoms. The van der Waals surface area contributed by atoms with Crippen molar-refractivity contribution in [1.29, 1.82) is 0 Å². The third kappa shape index (κ3) is 6.53. The van der Waals surface area contributed by atoms with Crippen LogP contribution < -0.4 is 9.73 Å². The highest BCUT2D eigenvalue weighted by Gasteiger charge is 2.28. The van der Waals surface area contributed by atoms with E-state index in [1.165, 1.54) is 24.4 Å². The molecule has 0 unspecified atom stereocenters. The fourth-order valence-corrected chi connectivity index (χ4v) is 6.47. The summed E-state index contributed by atoms with van der Waals surface area (Å²) in [6.45, 7) is 6.95. The Morgan fingerprint density at radius 3 is 2.20 bits per heavy atom. The molecule has 0 aliphatic heterocycles. The van der Waals surface area contributed by atoms with Crippen LogP contribution >= 0.6 is 34.8 Å². The van der Waals surface area contributed by atoms with Crippen LogP contribution in [-0.4, -0.2) is 31.7 Å². The molecule has 0 radical (unpaired) electrons. The lowest BCUT2D eigenvalue weighted by Crippen LogP contribution is -2.40. The lowest BCUT2D eigenvalue weighted by molar-refractivity contribution is -0.119. The first kappa shape index (κ1) is 29.7. The molecule has 1 N–H and O–H groups in total. The molecular formula is C29H27Cl3N4O3S. The van der Waals surface area contributed by atoms with Crippen molar-refractivity contribution in [3.8, 4) is 5.69 Å². The predicted molar refractivity (Wildman–Crippen MR) is 163 cm³/mol. The first-order valence-corrected chi connectivity index (χ1v) is 14.8. The van der Waals surface area contributed by atoms with Gasteiger partial charge in [-0.3, -0.25) is 9.10 Å². The number of anilines is 1. The van der Waals surface area contributed by atoms with Gasteiger partial charge in [-0.1, -0.05) is 58.6 Å². The molecule has 4 aromatic rings. The van der Waals surface area contributed by atoms with E-state index in [9.17, 15) is 13.2 Å². The van der Waals surface area contributed by atoms with Crippen molar-refractivity contribution in [2.75, 3.05) is 10.8 Å². The molecule has 40 heavy (non-hydrogen) atoms. The van der Waals surface area contributed by atoms with E-state index in [0.29, 0.717) is 26.3 Å². The fraction of sp³-hybridized carbons (Fsp3) is 0.172. The van der Waals surface area contributed by atoms with E-state index in [2.05, 4.69) is 10.5 Å². The van der Waals surface area contributed by atoms with Gasteiger partial charge in [0.05, 0.1) is 16.8 Å². The van der Waals surface area contributed by atoms with Gasteiger partial charge in [0.15, 0.2) is 0 Å². The molecule has 208 valence electrons. The number of carbonyl (C=O) groups excluding carboxylic acids is 1. The minimum Gasteiger partial charge on any atom is -0.318 e. The molecule has 0 saturated heterocycles. The zero-order valence-electron chi connectivity index (χ0n) is 22.2. The van der Waals surface area contributed by atoms with Crippen LogP contribution in [-0.2, 0) is 14.8 Å². The molecular weight excluding hydrogens is 591 g/mol. The third-order valence-corrected chi connectivity index (χ3v) is 8.75. The second-order valence-corrected chi connectivity index (χ2v) is 12.5. The summed E-state index contributed by atoms with van der Waals surface area (Å²) in [6.07, 6.45) is 1.51. The van der Waals surface area contributed by atoms with E-state index in [1.807, 2.05) is 31.4 Å². The lowest BCUT2D eigenvalue weighted by Gasteiger charge is -2.25. The fourth-order valence-electron chi connectivity index (χ4n) is 4.31. The van der Waals surface area contributed by atoms with E-state index in [1.54, 1.807) is 49.4 Å². The van der Waals surface area contributed by atoms with E-state index in [0.717, 1.165) is 32.5 Å². The van der Waals surface area contributed by atoms with Gasteiger partial charge in [-0.2, -0.15) is 5.10 Å². The smallest absolute Gasteiger partial charge is 0.264 e. The topological polar surface area (TPSA) is 83.8 Å². The monoisotopic (exact) mass is 616 g/mol. The van der Waals surface area contributed by atoms with Gasteiger partial charge in [0.2, 0.25) is 0 Å². The Kier molecular flexibility index (Phi) is 8.95. The number of benzene rings is 3. The maximum Gasteiger partial charge on any atom is 0.264 e. The average molecular weight is 618 g/mol. The number of hydrazone groups is 1. The number of halogens is 3. The van der Waals surface area contributed by atoms with Crippen molar-refractivity contribution < 1.29 is 13.2 Å². The Labute approximate surface area is 249 Å². The van der Waals surface area contributed by atoms with Gasteiger partial charge in [0.25, 0.3) is 15.9 Å². The van der Waals surface area contributed by atoms with Gasteiger partial charge in [0, 0.05) is 37.7 Å². The Bertz CT molecular complexity index is 1700. The number of nitrogens with one attached hydrogen (secondary N) is 1. The minimum absolute atomic E-state index is 0.0577. The van der Waals surface area contributed by atoms with Gasteiger partial charge in [0.1, 0.15) is 6.54 Å². The SMILES string of the molecule is Cc1ccc(S(=O)(=O)N(CC(=O)N/N=C\c2cc(C)n(-c3cc(Cl)cc(Cl)c3)c2C)c2cc(Cl)ccc2C)cc1. The molecule has 1 heterocycles.